The van der Waals surface area contributed by atoms with Crippen LogP contribution in [-0.2, 0) is 9.53 Å². The molecular weight excluding hydrogens is 216 g/mol. The lowest BCUT2D eigenvalue weighted by molar-refractivity contribution is -0.137. The van der Waals surface area contributed by atoms with Crippen molar-refractivity contribution in [2.45, 2.75) is 19.8 Å². The Labute approximate surface area is 101 Å². The average Bonchev–Trinajstić information content (AvgIpc) is 2.37. The Hall–Kier alpha value is -1.90. The summed E-state index contributed by atoms with van der Waals surface area (Å²) in [5.41, 5.74) is 1.28. The van der Waals surface area contributed by atoms with Crippen molar-refractivity contribution in [3.8, 4) is 0 Å². The molecule has 0 amide bonds. The van der Waals surface area contributed by atoms with E-state index in [1.807, 2.05) is 13.0 Å². The van der Waals surface area contributed by atoms with Crippen LogP contribution in [0.25, 0.3) is 6.08 Å². The van der Waals surface area contributed by atoms with E-state index in [1.54, 1.807) is 24.3 Å². The minimum Gasteiger partial charge on any atom is -0.463 e. The van der Waals surface area contributed by atoms with Crippen molar-refractivity contribution < 1.29 is 14.3 Å². The van der Waals surface area contributed by atoms with Crippen molar-refractivity contribution in [1.82, 2.24) is 0 Å². The summed E-state index contributed by atoms with van der Waals surface area (Å²) >= 11 is 0. The Bertz CT molecular complexity index is 408. The van der Waals surface area contributed by atoms with Crippen LogP contribution < -0.4 is 0 Å². The molecule has 1 aromatic rings. The molecule has 0 aliphatic heterocycles. The van der Waals surface area contributed by atoms with Crippen molar-refractivity contribution in [2.24, 2.45) is 0 Å². The van der Waals surface area contributed by atoms with E-state index >= 15 is 0 Å². The summed E-state index contributed by atoms with van der Waals surface area (Å²) in [4.78, 5) is 22.0. The van der Waals surface area contributed by atoms with Crippen molar-refractivity contribution in [3.05, 3.63) is 41.5 Å². The molecule has 0 aromatic heterocycles. The fraction of sp³-hybridized carbons (Fsp3) is 0.286. The topological polar surface area (TPSA) is 43.4 Å². The number of carbonyl (C=O) groups excluding carboxylic acids is 2. The van der Waals surface area contributed by atoms with Crippen LogP contribution in [0.4, 0.5) is 0 Å². The lowest BCUT2D eigenvalue weighted by Crippen LogP contribution is -2.01. The number of hydrogen-bond donors (Lipinski definition) is 0. The summed E-state index contributed by atoms with van der Waals surface area (Å²) in [6, 6.07) is 7.07. The van der Waals surface area contributed by atoms with Crippen molar-refractivity contribution in [2.75, 3.05) is 6.61 Å². The van der Waals surface area contributed by atoms with Crippen LogP contribution in [0.3, 0.4) is 0 Å². The Morgan fingerprint density at radius 2 is 2.00 bits per heavy atom. The van der Waals surface area contributed by atoms with Gasteiger partial charge in [-0.3, -0.25) is 4.79 Å². The fourth-order valence-electron chi connectivity index (χ4n) is 1.29. The maximum atomic E-state index is 11.3. The number of aldehydes is 1. The second-order valence-electron chi connectivity index (χ2n) is 3.60. The summed E-state index contributed by atoms with van der Waals surface area (Å²) < 4.78 is 4.96. The van der Waals surface area contributed by atoms with Gasteiger partial charge in [0.2, 0.25) is 0 Å². The van der Waals surface area contributed by atoms with E-state index < -0.39 is 0 Å². The predicted octanol–water partition coefficient (Wildman–Crippen LogP) is 2.86. The highest BCUT2D eigenvalue weighted by atomic mass is 16.5. The third kappa shape index (κ3) is 4.64. The molecule has 0 fully saturated rings. The van der Waals surface area contributed by atoms with Crippen LogP contribution >= 0.6 is 0 Å². The molecule has 3 heteroatoms. The molecule has 0 saturated carbocycles. The molecule has 0 bridgehead atoms. The normalized spacial score (nSPS) is 10.4. The van der Waals surface area contributed by atoms with E-state index in [0.29, 0.717) is 12.2 Å². The van der Waals surface area contributed by atoms with Crippen molar-refractivity contribution in [1.29, 1.82) is 0 Å². The first-order chi connectivity index (χ1) is 8.27. The van der Waals surface area contributed by atoms with E-state index in [4.69, 9.17) is 4.74 Å². The number of rotatable bonds is 6. The van der Waals surface area contributed by atoms with Crippen molar-refractivity contribution >= 4 is 18.3 Å². The van der Waals surface area contributed by atoms with E-state index in [1.165, 1.54) is 6.08 Å². The zero-order valence-electron chi connectivity index (χ0n) is 9.89. The van der Waals surface area contributed by atoms with Crippen molar-refractivity contribution in [3.63, 3.8) is 0 Å². The monoisotopic (exact) mass is 232 g/mol. The Kier molecular flexibility index (Phi) is 5.72. The van der Waals surface area contributed by atoms with Gasteiger partial charge in [-0.15, -0.1) is 0 Å². The van der Waals surface area contributed by atoms with E-state index in [-0.39, 0.29) is 5.97 Å². The molecule has 0 aliphatic carbocycles. The first kappa shape index (κ1) is 13.2. The molecule has 0 unspecified atom stereocenters. The quantitative estimate of drug-likeness (QED) is 0.328. The standard InChI is InChI=1S/C14H16O3/c1-2-3-10-17-14(16)9-8-12-6-4-5-7-13(12)11-15/h4-9,11H,2-3,10H2,1H3. The van der Waals surface area contributed by atoms with Gasteiger partial charge in [0.15, 0.2) is 6.29 Å². The number of unbranched alkanes of at least 4 members (excludes halogenated alkanes) is 1. The van der Waals surface area contributed by atoms with Gasteiger partial charge in [-0.25, -0.2) is 4.79 Å². The lowest BCUT2D eigenvalue weighted by atomic mass is 10.1. The Morgan fingerprint density at radius 1 is 1.29 bits per heavy atom. The second-order valence-corrected chi connectivity index (χ2v) is 3.60. The summed E-state index contributed by atoms with van der Waals surface area (Å²) in [5.74, 6) is -0.376. The Balaban J connectivity index is 2.57. The number of ether oxygens (including phenoxy) is 1. The maximum absolute atomic E-state index is 11.3. The summed E-state index contributed by atoms with van der Waals surface area (Å²) in [6.45, 7) is 2.47. The highest BCUT2D eigenvalue weighted by molar-refractivity contribution is 5.90. The highest BCUT2D eigenvalue weighted by Gasteiger charge is 1.99. The minimum absolute atomic E-state index is 0.376. The summed E-state index contributed by atoms with van der Waals surface area (Å²) in [6.07, 6.45) is 5.56. The van der Waals surface area contributed by atoms with Crippen LogP contribution in [0, 0.1) is 0 Å². The van der Waals surface area contributed by atoms with Gasteiger partial charge in [0.25, 0.3) is 0 Å². The highest BCUT2D eigenvalue weighted by Crippen LogP contribution is 2.08. The van der Waals surface area contributed by atoms with Crippen LogP contribution in [0.15, 0.2) is 30.3 Å². The first-order valence-electron chi connectivity index (χ1n) is 5.67. The van der Waals surface area contributed by atoms with Crippen LogP contribution in [0.1, 0.15) is 35.7 Å². The van der Waals surface area contributed by atoms with Gasteiger partial charge in [0, 0.05) is 11.6 Å². The molecule has 0 atom stereocenters. The molecule has 1 aromatic carbocycles. The third-order valence-electron chi connectivity index (χ3n) is 2.26. The van der Waals surface area contributed by atoms with Crippen LogP contribution in [0.5, 0.6) is 0 Å². The van der Waals surface area contributed by atoms with E-state index in [2.05, 4.69) is 0 Å². The average molecular weight is 232 g/mol. The van der Waals surface area contributed by atoms with Gasteiger partial charge < -0.3 is 4.74 Å². The molecule has 1 rings (SSSR count). The molecule has 17 heavy (non-hydrogen) atoms. The van der Waals surface area contributed by atoms with Gasteiger partial charge in [0.05, 0.1) is 6.61 Å². The number of esters is 1. The molecule has 0 saturated heterocycles. The lowest BCUT2D eigenvalue weighted by Gasteiger charge is -2.00. The molecule has 3 nitrogen and oxygen atoms in total. The van der Waals surface area contributed by atoms with Gasteiger partial charge in [-0.1, -0.05) is 37.6 Å². The molecular formula is C14H16O3. The largest absolute Gasteiger partial charge is 0.463 e. The number of benzene rings is 1. The molecule has 0 spiro atoms. The molecule has 0 N–H and O–H groups in total. The zero-order valence-corrected chi connectivity index (χ0v) is 9.89. The van der Waals surface area contributed by atoms with E-state index in [9.17, 15) is 9.59 Å². The third-order valence-corrected chi connectivity index (χ3v) is 2.26. The SMILES string of the molecule is CCCCOC(=O)C=Cc1ccccc1C=O. The fourth-order valence-corrected chi connectivity index (χ4v) is 1.29. The van der Waals surface area contributed by atoms with Gasteiger partial charge in [-0.05, 0) is 18.1 Å². The first-order valence-corrected chi connectivity index (χ1v) is 5.67. The van der Waals surface area contributed by atoms with Crippen LogP contribution in [0.2, 0.25) is 0 Å². The Morgan fingerprint density at radius 3 is 2.65 bits per heavy atom. The number of carbonyl (C=O) groups is 2. The summed E-state index contributed by atoms with van der Waals surface area (Å²) in [5, 5.41) is 0. The van der Waals surface area contributed by atoms with Gasteiger partial charge in [0.1, 0.15) is 0 Å². The molecule has 0 radical (unpaired) electrons. The molecule has 0 aliphatic rings. The zero-order chi connectivity index (χ0) is 12.5. The predicted molar refractivity (Wildman–Crippen MR) is 66.7 cm³/mol. The van der Waals surface area contributed by atoms with Gasteiger partial charge in [-0.2, -0.15) is 0 Å². The van der Waals surface area contributed by atoms with Crippen LogP contribution in [-0.4, -0.2) is 18.9 Å². The second kappa shape index (κ2) is 7.39. The summed E-state index contributed by atoms with van der Waals surface area (Å²) in [7, 11) is 0. The van der Waals surface area contributed by atoms with E-state index in [0.717, 1.165) is 24.7 Å². The van der Waals surface area contributed by atoms with Gasteiger partial charge >= 0.3 is 5.97 Å². The minimum atomic E-state index is -0.376. The maximum Gasteiger partial charge on any atom is 0.330 e. The molecule has 0 heterocycles. The number of hydrogen-bond acceptors (Lipinski definition) is 3. The molecule has 90 valence electrons. The smallest absolute Gasteiger partial charge is 0.330 e.